The van der Waals surface area contributed by atoms with Gasteiger partial charge in [0, 0.05) is 17.3 Å². The molecule has 0 aromatic carbocycles. The molecule has 1 saturated carbocycles. The van der Waals surface area contributed by atoms with Crippen LogP contribution in [0.1, 0.15) is 50.8 Å². The summed E-state index contributed by atoms with van der Waals surface area (Å²) in [6.07, 6.45) is 5.24. The first kappa shape index (κ1) is 11.8. The van der Waals surface area contributed by atoms with E-state index in [2.05, 4.69) is 18.9 Å². The van der Waals surface area contributed by atoms with E-state index in [9.17, 15) is 0 Å². The molecule has 1 aromatic rings. The van der Waals surface area contributed by atoms with Crippen molar-refractivity contribution in [3.05, 3.63) is 11.9 Å². The number of nitrogens with zero attached hydrogens (tertiary/aromatic N) is 2. The fourth-order valence-corrected chi connectivity index (χ4v) is 2.90. The number of methoxy groups -OCH3 is 1. The highest BCUT2D eigenvalue weighted by molar-refractivity contribution is 6.21. The van der Waals surface area contributed by atoms with Crippen molar-refractivity contribution >= 4 is 11.6 Å². The Bertz CT molecular complexity index is 362. The van der Waals surface area contributed by atoms with Crippen LogP contribution >= 0.6 is 11.6 Å². The van der Waals surface area contributed by atoms with E-state index in [4.69, 9.17) is 16.3 Å². The van der Waals surface area contributed by atoms with Crippen LogP contribution < -0.4 is 4.74 Å². The van der Waals surface area contributed by atoms with Crippen LogP contribution in [0.15, 0.2) is 6.20 Å². The quantitative estimate of drug-likeness (QED) is 0.760. The van der Waals surface area contributed by atoms with Gasteiger partial charge in [-0.25, -0.2) is 0 Å². The summed E-state index contributed by atoms with van der Waals surface area (Å²) in [5.41, 5.74) is 1.18. The largest absolute Gasteiger partial charge is 0.493 e. The minimum atomic E-state index is 0.225. The van der Waals surface area contributed by atoms with Crippen LogP contribution in [0.2, 0.25) is 0 Å². The summed E-state index contributed by atoms with van der Waals surface area (Å²) in [5.74, 6) is 1.27. The van der Waals surface area contributed by atoms with Gasteiger partial charge >= 0.3 is 0 Å². The molecular weight excluding hydrogens is 224 g/mol. The van der Waals surface area contributed by atoms with Crippen LogP contribution in [0.4, 0.5) is 0 Å². The van der Waals surface area contributed by atoms with Gasteiger partial charge in [0.2, 0.25) is 0 Å². The lowest BCUT2D eigenvalue weighted by Crippen LogP contribution is -2.15. The normalized spacial score (nSPS) is 25.3. The number of hydrogen-bond acceptors (Lipinski definition) is 2. The Kier molecular flexibility index (Phi) is 3.43. The number of halogens is 1. The van der Waals surface area contributed by atoms with E-state index < -0.39 is 0 Å². The molecule has 1 aliphatic carbocycles. The van der Waals surface area contributed by atoms with Gasteiger partial charge in [-0.1, -0.05) is 6.42 Å². The van der Waals surface area contributed by atoms with Crippen molar-refractivity contribution in [2.75, 3.05) is 7.11 Å². The molecule has 2 rings (SSSR count). The van der Waals surface area contributed by atoms with E-state index >= 15 is 0 Å². The third kappa shape index (κ3) is 1.93. The van der Waals surface area contributed by atoms with E-state index in [0.29, 0.717) is 12.0 Å². The highest BCUT2D eigenvalue weighted by Gasteiger charge is 2.32. The monoisotopic (exact) mass is 242 g/mol. The average Bonchev–Trinajstić information content (AvgIpc) is 2.82. The van der Waals surface area contributed by atoms with Crippen molar-refractivity contribution < 1.29 is 4.74 Å². The van der Waals surface area contributed by atoms with Crippen molar-refractivity contribution in [3.8, 4) is 5.75 Å². The maximum atomic E-state index is 6.38. The zero-order valence-electron chi connectivity index (χ0n) is 10.1. The molecule has 0 N–H and O–H groups in total. The first-order valence-electron chi connectivity index (χ1n) is 5.90. The van der Waals surface area contributed by atoms with Crippen LogP contribution in [0.25, 0.3) is 0 Å². The van der Waals surface area contributed by atoms with Gasteiger partial charge in [0.1, 0.15) is 0 Å². The molecule has 1 heterocycles. The second kappa shape index (κ2) is 4.66. The van der Waals surface area contributed by atoms with Gasteiger partial charge in [0.15, 0.2) is 5.75 Å². The third-order valence-corrected chi connectivity index (χ3v) is 3.81. The number of hydrogen-bond donors (Lipinski definition) is 0. The Balaban J connectivity index is 2.39. The minimum absolute atomic E-state index is 0.225. The minimum Gasteiger partial charge on any atom is -0.493 e. The lowest BCUT2D eigenvalue weighted by atomic mass is 10.0. The number of aromatic nitrogens is 2. The van der Waals surface area contributed by atoms with Gasteiger partial charge in [-0.05, 0) is 26.7 Å². The van der Waals surface area contributed by atoms with Crippen molar-refractivity contribution in [3.63, 3.8) is 0 Å². The van der Waals surface area contributed by atoms with Gasteiger partial charge in [-0.15, -0.1) is 11.6 Å². The average molecular weight is 243 g/mol. The Morgan fingerprint density at radius 3 is 2.75 bits per heavy atom. The van der Waals surface area contributed by atoms with Gasteiger partial charge in [0.25, 0.3) is 0 Å². The third-order valence-electron chi connectivity index (χ3n) is 3.29. The highest BCUT2D eigenvalue weighted by Crippen LogP contribution is 2.42. The molecule has 1 aromatic heterocycles. The lowest BCUT2D eigenvalue weighted by Gasteiger charge is -2.19. The molecule has 1 fully saturated rings. The Hall–Kier alpha value is -0.700. The molecule has 0 saturated heterocycles. The summed E-state index contributed by atoms with van der Waals surface area (Å²) in [7, 11) is 1.70. The second-order valence-corrected chi connectivity index (χ2v) is 5.25. The zero-order valence-corrected chi connectivity index (χ0v) is 10.9. The molecule has 0 bridgehead atoms. The SMILES string of the molecule is COc1cnn(C(C)C)c1C1CCCC1Cl. The van der Waals surface area contributed by atoms with Crippen molar-refractivity contribution in [2.45, 2.75) is 50.4 Å². The molecule has 0 radical (unpaired) electrons. The van der Waals surface area contributed by atoms with Crippen LogP contribution in [-0.4, -0.2) is 22.3 Å². The molecule has 3 nitrogen and oxygen atoms in total. The van der Waals surface area contributed by atoms with E-state index in [-0.39, 0.29) is 5.38 Å². The summed E-state index contributed by atoms with van der Waals surface area (Å²) in [5, 5.41) is 4.62. The first-order valence-corrected chi connectivity index (χ1v) is 6.34. The van der Waals surface area contributed by atoms with Crippen molar-refractivity contribution in [2.24, 2.45) is 0 Å². The molecule has 0 amide bonds. The lowest BCUT2D eigenvalue weighted by molar-refractivity contribution is 0.396. The molecule has 4 heteroatoms. The van der Waals surface area contributed by atoms with E-state index in [1.807, 2.05) is 4.68 Å². The molecular formula is C12H19ClN2O. The Morgan fingerprint density at radius 2 is 2.25 bits per heavy atom. The van der Waals surface area contributed by atoms with Crippen molar-refractivity contribution in [1.29, 1.82) is 0 Å². The fraction of sp³-hybridized carbons (Fsp3) is 0.750. The number of alkyl halides is 1. The van der Waals surface area contributed by atoms with E-state index in [1.54, 1.807) is 13.3 Å². The van der Waals surface area contributed by atoms with Gasteiger partial charge < -0.3 is 4.74 Å². The summed E-state index contributed by atoms with van der Waals surface area (Å²) in [4.78, 5) is 0. The van der Waals surface area contributed by atoms with Crippen LogP contribution in [-0.2, 0) is 0 Å². The Labute approximate surface area is 102 Å². The molecule has 90 valence electrons. The van der Waals surface area contributed by atoms with Crippen LogP contribution in [0, 0.1) is 0 Å². The maximum Gasteiger partial charge on any atom is 0.160 e. The summed E-state index contributed by atoms with van der Waals surface area (Å²) in [6.45, 7) is 4.27. The molecule has 1 aliphatic rings. The molecule has 2 atom stereocenters. The Morgan fingerprint density at radius 1 is 1.50 bits per heavy atom. The standard InChI is InChI=1S/C12H19ClN2O/c1-8(2)15-12(11(16-3)7-14-15)9-5-4-6-10(9)13/h7-10H,4-6H2,1-3H3. The maximum absolute atomic E-state index is 6.38. The summed E-state index contributed by atoms with van der Waals surface area (Å²) < 4.78 is 7.44. The molecule has 0 spiro atoms. The predicted molar refractivity (Wildman–Crippen MR) is 65.4 cm³/mol. The molecule has 0 aliphatic heterocycles. The first-order chi connectivity index (χ1) is 7.65. The van der Waals surface area contributed by atoms with Gasteiger partial charge in [-0.3, -0.25) is 4.68 Å². The van der Waals surface area contributed by atoms with Gasteiger partial charge in [-0.2, -0.15) is 5.10 Å². The number of ether oxygens (including phenoxy) is 1. The van der Waals surface area contributed by atoms with Crippen LogP contribution in [0.3, 0.4) is 0 Å². The topological polar surface area (TPSA) is 27.1 Å². The summed E-state index contributed by atoms with van der Waals surface area (Å²) >= 11 is 6.38. The zero-order chi connectivity index (χ0) is 11.7. The van der Waals surface area contributed by atoms with Crippen LogP contribution in [0.5, 0.6) is 5.75 Å². The smallest absolute Gasteiger partial charge is 0.160 e. The number of rotatable bonds is 3. The van der Waals surface area contributed by atoms with Gasteiger partial charge in [0.05, 0.1) is 19.0 Å². The molecule has 2 unspecified atom stereocenters. The fourth-order valence-electron chi connectivity index (χ4n) is 2.50. The van der Waals surface area contributed by atoms with E-state index in [1.165, 1.54) is 12.1 Å². The summed E-state index contributed by atoms with van der Waals surface area (Å²) in [6, 6.07) is 0.350. The predicted octanol–water partition coefficient (Wildman–Crippen LogP) is 3.35. The van der Waals surface area contributed by atoms with Crippen molar-refractivity contribution in [1.82, 2.24) is 9.78 Å². The highest BCUT2D eigenvalue weighted by atomic mass is 35.5. The molecule has 16 heavy (non-hydrogen) atoms. The second-order valence-electron chi connectivity index (χ2n) is 4.69. The van der Waals surface area contributed by atoms with E-state index in [0.717, 1.165) is 18.6 Å².